The van der Waals surface area contributed by atoms with E-state index in [9.17, 15) is 13.2 Å². The molecule has 2 rings (SSSR count). The molecule has 0 spiro atoms. The molecule has 0 unspecified atom stereocenters. The SMILES string of the molecule is CC(C)(C)OC(=O)NS(=O)(=O)C1(CCCOCc2ccccc2)CC1. The molecule has 0 atom stereocenters. The van der Waals surface area contributed by atoms with Crippen LogP contribution >= 0.6 is 0 Å². The van der Waals surface area contributed by atoms with E-state index in [-0.39, 0.29) is 0 Å². The van der Waals surface area contributed by atoms with Crippen LogP contribution in [0.2, 0.25) is 0 Å². The predicted molar refractivity (Wildman–Crippen MR) is 95.6 cm³/mol. The van der Waals surface area contributed by atoms with Crippen molar-refractivity contribution < 1.29 is 22.7 Å². The van der Waals surface area contributed by atoms with E-state index in [2.05, 4.69) is 4.72 Å². The Kier molecular flexibility index (Phi) is 6.11. The van der Waals surface area contributed by atoms with E-state index in [1.165, 1.54) is 0 Å². The highest BCUT2D eigenvalue weighted by Crippen LogP contribution is 2.46. The van der Waals surface area contributed by atoms with E-state index < -0.39 is 26.5 Å². The zero-order chi connectivity index (χ0) is 18.6. The van der Waals surface area contributed by atoms with Crippen molar-refractivity contribution in [3.05, 3.63) is 35.9 Å². The minimum Gasteiger partial charge on any atom is -0.443 e. The molecule has 1 aromatic rings. The quantitative estimate of drug-likeness (QED) is 0.711. The standard InChI is InChI=1S/C18H27NO5S/c1-17(2,3)24-16(20)19-25(21,22)18(11-12-18)10-7-13-23-14-15-8-5-4-6-9-15/h4-6,8-9H,7,10-14H2,1-3H3,(H,19,20). The third-order valence-electron chi connectivity index (χ3n) is 4.03. The first-order chi connectivity index (χ1) is 11.6. The lowest BCUT2D eigenvalue weighted by Crippen LogP contribution is -2.42. The highest BCUT2D eigenvalue weighted by Gasteiger charge is 2.54. The molecule has 0 aromatic heterocycles. The number of sulfonamides is 1. The van der Waals surface area contributed by atoms with Crippen molar-refractivity contribution in [2.75, 3.05) is 6.61 Å². The van der Waals surface area contributed by atoms with Crippen LogP contribution in [0.3, 0.4) is 0 Å². The molecule has 0 bridgehead atoms. The molecule has 1 N–H and O–H groups in total. The number of carbonyl (C=O) groups is 1. The highest BCUT2D eigenvalue weighted by molar-refractivity contribution is 7.91. The average molecular weight is 369 g/mol. The number of carbonyl (C=O) groups excluding carboxylic acids is 1. The summed E-state index contributed by atoms with van der Waals surface area (Å²) in [5.74, 6) is 0. The van der Waals surface area contributed by atoms with Gasteiger partial charge in [0, 0.05) is 6.61 Å². The molecular formula is C18H27NO5S. The number of rotatable bonds is 8. The fourth-order valence-corrected chi connectivity index (χ4v) is 4.10. The van der Waals surface area contributed by atoms with Crippen LogP contribution in [0.5, 0.6) is 0 Å². The first-order valence-electron chi connectivity index (χ1n) is 8.51. The van der Waals surface area contributed by atoms with Crippen LogP contribution in [0.4, 0.5) is 4.79 Å². The Hall–Kier alpha value is -1.60. The van der Waals surface area contributed by atoms with Gasteiger partial charge in [-0.2, -0.15) is 0 Å². The molecule has 0 radical (unpaired) electrons. The van der Waals surface area contributed by atoms with Crippen LogP contribution in [0.25, 0.3) is 0 Å². The summed E-state index contributed by atoms with van der Waals surface area (Å²) in [6, 6.07) is 9.82. The van der Waals surface area contributed by atoms with Gasteiger partial charge in [0.15, 0.2) is 0 Å². The molecular weight excluding hydrogens is 342 g/mol. The molecule has 1 saturated carbocycles. The molecule has 7 heteroatoms. The molecule has 140 valence electrons. The largest absolute Gasteiger partial charge is 0.443 e. The first kappa shape index (κ1) is 19.7. The van der Waals surface area contributed by atoms with Crippen molar-refractivity contribution in [3.8, 4) is 0 Å². The van der Waals surface area contributed by atoms with Gasteiger partial charge in [0.25, 0.3) is 0 Å². The van der Waals surface area contributed by atoms with Crippen molar-refractivity contribution in [1.82, 2.24) is 4.72 Å². The van der Waals surface area contributed by atoms with Gasteiger partial charge in [-0.15, -0.1) is 0 Å². The Morgan fingerprint density at radius 3 is 2.40 bits per heavy atom. The molecule has 1 fully saturated rings. The maximum atomic E-state index is 12.4. The summed E-state index contributed by atoms with van der Waals surface area (Å²) in [5.41, 5.74) is 0.351. The molecule has 1 amide bonds. The zero-order valence-corrected chi connectivity index (χ0v) is 15.9. The molecule has 0 heterocycles. The van der Waals surface area contributed by atoms with Crippen molar-refractivity contribution in [1.29, 1.82) is 0 Å². The van der Waals surface area contributed by atoms with Crippen molar-refractivity contribution in [2.45, 2.75) is 63.4 Å². The van der Waals surface area contributed by atoms with Crippen LogP contribution < -0.4 is 4.72 Å². The van der Waals surface area contributed by atoms with E-state index in [1.807, 2.05) is 30.3 Å². The Morgan fingerprint density at radius 2 is 1.84 bits per heavy atom. The molecule has 1 aliphatic rings. The monoisotopic (exact) mass is 369 g/mol. The fourth-order valence-electron chi connectivity index (χ4n) is 2.57. The van der Waals surface area contributed by atoms with Crippen LogP contribution in [-0.4, -0.2) is 31.5 Å². The van der Waals surface area contributed by atoms with Crippen LogP contribution in [0.15, 0.2) is 30.3 Å². The number of ether oxygens (including phenoxy) is 2. The maximum absolute atomic E-state index is 12.4. The average Bonchev–Trinajstić information content (AvgIpc) is 3.27. The van der Waals surface area contributed by atoms with Gasteiger partial charge in [-0.3, -0.25) is 0 Å². The topological polar surface area (TPSA) is 81.7 Å². The molecule has 1 aromatic carbocycles. The number of nitrogens with one attached hydrogen (secondary N) is 1. The van der Waals surface area contributed by atoms with Crippen molar-refractivity contribution in [2.24, 2.45) is 0 Å². The van der Waals surface area contributed by atoms with Crippen molar-refractivity contribution in [3.63, 3.8) is 0 Å². The van der Waals surface area contributed by atoms with Gasteiger partial charge in [-0.05, 0) is 52.0 Å². The van der Waals surface area contributed by atoms with Gasteiger partial charge >= 0.3 is 6.09 Å². The van der Waals surface area contributed by atoms with Crippen LogP contribution in [-0.2, 0) is 26.1 Å². The highest BCUT2D eigenvalue weighted by atomic mass is 32.2. The summed E-state index contributed by atoms with van der Waals surface area (Å²) in [6.07, 6.45) is 1.30. The summed E-state index contributed by atoms with van der Waals surface area (Å²) in [6.45, 7) is 6.07. The van der Waals surface area contributed by atoms with Crippen LogP contribution in [0.1, 0.15) is 52.0 Å². The van der Waals surface area contributed by atoms with Crippen LogP contribution in [0, 0.1) is 0 Å². The lowest BCUT2D eigenvalue weighted by Gasteiger charge is -2.22. The van der Waals surface area contributed by atoms with Gasteiger partial charge in [0.05, 0.1) is 11.4 Å². The lowest BCUT2D eigenvalue weighted by atomic mass is 10.2. The summed E-state index contributed by atoms with van der Waals surface area (Å²) in [4.78, 5) is 11.7. The summed E-state index contributed by atoms with van der Waals surface area (Å²) in [5, 5.41) is 0. The number of hydrogen-bond acceptors (Lipinski definition) is 5. The third kappa shape index (κ3) is 6.01. The number of hydrogen-bond donors (Lipinski definition) is 1. The summed E-state index contributed by atoms with van der Waals surface area (Å²) in [7, 11) is -3.74. The number of amides is 1. The molecule has 6 nitrogen and oxygen atoms in total. The normalized spacial score (nSPS) is 16.3. The lowest BCUT2D eigenvalue weighted by molar-refractivity contribution is 0.0569. The second kappa shape index (κ2) is 7.74. The Labute approximate surface area is 150 Å². The van der Waals surface area contributed by atoms with E-state index in [4.69, 9.17) is 9.47 Å². The fraction of sp³-hybridized carbons (Fsp3) is 0.611. The summed E-state index contributed by atoms with van der Waals surface area (Å²) >= 11 is 0. The second-order valence-corrected chi connectivity index (χ2v) is 9.51. The predicted octanol–water partition coefficient (Wildman–Crippen LogP) is 3.37. The van der Waals surface area contributed by atoms with Gasteiger partial charge in [-0.1, -0.05) is 30.3 Å². The molecule has 1 aliphatic carbocycles. The van der Waals surface area contributed by atoms with E-state index in [0.29, 0.717) is 38.9 Å². The maximum Gasteiger partial charge on any atom is 0.421 e. The second-order valence-electron chi connectivity index (χ2n) is 7.43. The van der Waals surface area contributed by atoms with E-state index in [1.54, 1.807) is 20.8 Å². The van der Waals surface area contributed by atoms with Gasteiger partial charge in [-0.25, -0.2) is 17.9 Å². The minimum atomic E-state index is -3.74. The Morgan fingerprint density at radius 1 is 1.20 bits per heavy atom. The molecule has 0 aliphatic heterocycles. The first-order valence-corrected chi connectivity index (χ1v) is 9.99. The van der Waals surface area contributed by atoms with Gasteiger partial charge < -0.3 is 9.47 Å². The van der Waals surface area contributed by atoms with E-state index >= 15 is 0 Å². The van der Waals surface area contributed by atoms with E-state index in [0.717, 1.165) is 5.56 Å². The summed E-state index contributed by atoms with van der Waals surface area (Å²) < 4.78 is 36.7. The smallest absolute Gasteiger partial charge is 0.421 e. The molecule has 0 saturated heterocycles. The zero-order valence-electron chi connectivity index (χ0n) is 15.1. The Bertz CT molecular complexity index is 675. The number of benzene rings is 1. The Balaban J connectivity index is 1.76. The van der Waals surface area contributed by atoms with Gasteiger partial charge in [0.1, 0.15) is 5.60 Å². The van der Waals surface area contributed by atoms with Crippen molar-refractivity contribution >= 4 is 16.1 Å². The minimum absolute atomic E-state index is 0.472. The molecule has 25 heavy (non-hydrogen) atoms. The third-order valence-corrected chi connectivity index (χ3v) is 6.21. The van der Waals surface area contributed by atoms with Gasteiger partial charge in [0.2, 0.25) is 10.0 Å².